The Morgan fingerprint density at radius 1 is 1.50 bits per heavy atom. The summed E-state index contributed by atoms with van der Waals surface area (Å²) in [5.74, 6) is 0.439. The average Bonchev–Trinajstić information content (AvgIpc) is 2.53. The lowest BCUT2D eigenvalue weighted by Gasteiger charge is -1.87. The van der Waals surface area contributed by atoms with Crippen molar-refractivity contribution in [2.24, 2.45) is 10.9 Å². The molecule has 0 atom stereocenters. The van der Waals surface area contributed by atoms with Crippen molar-refractivity contribution in [2.75, 3.05) is 0 Å². The lowest BCUT2D eigenvalue weighted by atomic mass is 10.2. The quantitative estimate of drug-likeness (QED) is 0.694. The van der Waals surface area contributed by atoms with Gasteiger partial charge in [-0.1, -0.05) is 31.7 Å². The van der Waals surface area contributed by atoms with Gasteiger partial charge in [-0.3, -0.25) is 10.1 Å². The molecule has 0 fully saturated rings. The first kappa shape index (κ1) is 10.4. The predicted molar refractivity (Wildman–Crippen MR) is 58.1 cm³/mol. The molecule has 4 nitrogen and oxygen atoms in total. The minimum Gasteiger partial charge on any atom is -0.267 e. The summed E-state index contributed by atoms with van der Waals surface area (Å²) in [6.45, 7) is 7.73. The van der Waals surface area contributed by atoms with Crippen molar-refractivity contribution in [3.05, 3.63) is 23.4 Å². The molecule has 0 aliphatic heterocycles. The van der Waals surface area contributed by atoms with Gasteiger partial charge in [-0.25, -0.2) is 0 Å². The van der Waals surface area contributed by atoms with E-state index in [-0.39, 0.29) is 0 Å². The fraction of sp³-hybridized carbons (Fsp3) is 0.300. The average molecular weight is 190 g/mol. The van der Waals surface area contributed by atoms with Crippen molar-refractivity contribution in [3.8, 4) is 0 Å². The highest BCUT2D eigenvalue weighted by Gasteiger charge is 1.86. The molecule has 1 aromatic rings. The number of rotatable bonds is 3. The van der Waals surface area contributed by atoms with E-state index in [9.17, 15) is 0 Å². The SMILES string of the molecule is C=C/C=c1/nn[nH]/c1=C/N=CC(C)C. The lowest BCUT2D eigenvalue weighted by Crippen LogP contribution is -2.23. The molecule has 1 rings (SSSR count). The van der Waals surface area contributed by atoms with Crippen LogP contribution in [0.2, 0.25) is 0 Å². The van der Waals surface area contributed by atoms with Gasteiger partial charge in [0.2, 0.25) is 0 Å². The Bertz CT molecular complexity index is 425. The zero-order valence-corrected chi connectivity index (χ0v) is 8.44. The molecule has 1 aromatic heterocycles. The van der Waals surface area contributed by atoms with Crippen LogP contribution in [0.4, 0.5) is 0 Å². The molecule has 0 aliphatic rings. The zero-order chi connectivity index (χ0) is 10.4. The van der Waals surface area contributed by atoms with Crippen LogP contribution in [0.25, 0.3) is 12.3 Å². The van der Waals surface area contributed by atoms with E-state index in [1.54, 1.807) is 18.4 Å². The number of nitrogens with zero attached hydrogens (tertiary/aromatic N) is 3. The molecule has 0 radical (unpaired) electrons. The monoisotopic (exact) mass is 190 g/mol. The van der Waals surface area contributed by atoms with E-state index >= 15 is 0 Å². The van der Waals surface area contributed by atoms with Crippen LogP contribution in [-0.2, 0) is 0 Å². The van der Waals surface area contributed by atoms with Crippen LogP contribution in [0.15, 0.2) is 17.6 Å². The first-order valence-corrected chi connectivity index (χ1v) is 4.47. The summed E-state index contributed by atoms with van der Waals surface area (Å²) in [7, 11) is 0. The number of aliphatic imine (C=N–C) groups is 1. The van der Waals surface area contributed by atoms with Crippen LogP contribution in [-0.4, -0.2) is 21.6 Å². The molecular formula is C10H14N4. The van der Waals surface area contributed by atoms with Crippen molar-refractivity contribution in [3.63, 3.8) is 0 Å². The standard InChI is InChI=1S/C10H14N4/c1-4-5-9-10(13-14-12-9)7-11-6-8(2)3/h4-8H,1H2,2-3H3,(H,12,13)/b9-5+,10-7+,11-6?. The number of allylic oxidation sites excluding steroid dienone is 1. The Morgan fingerprint density at radius 3 is 2.93 bits per heavy atom. The number of aromatic amines is 1. The van der Waals surface area contributed by atoms with Crippen LogP contribution in [0, 0.1) is 5.92 Å². The topological polar surface area (TPSA) is 53.9 Å². The molecule has 0 bridgehead atoms. The largest absolute Gasteiger partial charge is 0.267 e. The molecule has 1 N–H and O–H groups in total. The molecular weight excluding hydrogens is 176 g/mol. The molecule has 0 aliphatic carbocycles. The molecule has 0 saturated heterocycles. The molecule has 4 heteroatoms. The normalized spacial score (nSPS) is 14.5. The van der Waals surface area contributed by atoms with E-state index < -0.39 is 0 Å². The van der Waals surface area contributed by atoms with E-state index in [1.165, 1.54) is 0 Å². The van der Waals surface area contributed by atoms with Crippen LogP contribution in [0.3, 0.4) is 0 Å². The number of H-pyrrole nitrogens is 1. The van der Waals surface area contributed by atoms with Crippen LogP contribution < -0.4 is 10.7 Å². The van der Waals surface area contributed by atoms with Gasteiger partial charge in [-0.2, -0.15) is 0 Å². The smallest absolute Gasteiger partial charge is 0.114 e. The molecule has 0 aromatic carbocycles. The van der Waals surface area contributed by atoms with Gasteiger partial charge < -0.3 is 0 Å². The van der Waals surface area contributed by atoms with E-state index in [0.29, 0.717) is 5.92 Å². The first-order valence-electron chi connectivity index (χ1n) is 4.47. The maximum atomic E-state index is 4.14. The van der Waals surface area contributed by atoms with Crippen molar-refractivity contribution in [2.45, 2.75) is 13.8 Å². The van der Waals surface area contributed by atoms with Gasteiger partial charge in [0.15, 0.2) is 0 Å². The molecule has 1 heterocycles. The van der Waals surface area contributed by atoms with Crippen LogP contribution >= 0.6 is 0 Å². The summed E-state index contributed by atoms with van der Waals surface area (Å²) in [5.41, 5.74) is 0. The third kappa shape index (κ3) is 2.97. The summed E-state index contributed by atoms with van der Waals surface area (Å²) in [4.78, 5) is 4.14. The second-order valence-electron chi connectivity index (χ2n) is 3.18. The highest BCUT2D eigenvalue weighted by atomic mass is 15.3. The van der Waals surface area contributed by atoms with E-state index in [0.717, 1.165) is 10.7 Å². The van der Waals surface area contributed by atoms with Crippen molar-refractivity contribution in [1.82, 2.24) is 15.4 Å². The van der Waals surface area contributed by atoms with Gasteiger partial charge in [-0.05, 0) is 12.0 Å². The molecule has 0 amide bonds. The third-order valence-electron chi connectivity index (χ3n) is 1.47. The number of aromatic nitrogens is 3. The van der Waals surface area contributed by atoms with Gasteiger partial charge in [0.25, 0.3) is 0 Å². The van der Waals surface area contributed by atoms with Gasteiger partial charge in [0.1, 0.15) is 10.7 Å². The van der Waals surface area contributed by atoms with Gasteiger partial charge in [0.05, 0.1) is 6.20 Å². The van der Waals surface area contributed by atoms with Gasteiger partial charge >= 0.3 is 0 Å². The number of hydrogen-bond donors (Lipinski definition) is 1. The van der Waals surface area contributed by atoms with Gasteiger partial charge in [0, 0.05) is 6.21 Å². The molecule has 0 saturated carbocycles. The zero-order valence-electron chi connectivity index (χ0n) is 8.44. The Labute approximate surface area is 82.8 Å². The Kier molecular flexibility index (Phi) is 3.79. The Morgan fingerprint density at radius 2 is 2.29 bits per heavy atom. The molecule has 0 unspecified atom stereocenters. The Hall–Kier alpha value is -1.71. The predicted octanol–water partition coefficient (Wildman–Crippen LogP) is 0.236. The van der Waals surface area contributed by atoms with Crippen molar-refractivity contribution < 1.29 is 0 Å². The number of hydrogen-bond acceptors (Lipinski definition) is 3. The van der Waals surface area contributed by atoms with E-state index in [2.05, 4.69) is 40.8 Å². The molecule has 0 spiro atoms. The van der Waals surface area contributed by atoms with E-state index in [4.69, 9.17) is 0 Å². The van der Waals surface area contributed by atoms with Crippen molar-refractivity contribution in [1.29, 1.82) is 0 Å². The fourth-order valence-corrected chi connectivity index (χ4v) is 0.863. The van der Waals surface area contributed by atoms with E-state index in [1.807, 2.05) is 6.21 Å². The highest BCUT2D eigenvalue weighted by molar-refractivity contribution is 5.62. The maximum Gasteiger partial charge on any atom is 0.114 e. The second-order valence-corrected chi connectivity index (χ2v) is 3.18. The fourth-order valence-electron chi connectivity index (χ4n) is 0.863. The Balaban J connectivity index is 3.01. The van der Waals surface area contributed by atoms with Crippen molar-refractivity contribution >= 4 is 18.5 Å². The summed E-state index contributed by atoms with van der Waals surface area (Å²) in [6.07, 6.45) is 7.01. The van der Waals surface area contributed by atoms with Crippen LogP contribution in [0.1, 0.15) is 13.8 Å². The summed E-state index contributed by atoms with van der Waals surface area (Å²) >= 11 is 0. The van der Waals surface area contributed by atoms with Gasteiger partial charge in [-0.15, -0.1) is 5.10 Å². The maximum absolute atomic E-state index is 4.14. The van der Waals surface area contributed by atoms with Crippen LogP contribution in [0.5, 0.6) is 0 Å². The molecule has 14 heavy (non-hydrogen) atoms. The second kappa shape index (κ2) is 5.11. The third-order valence-corrected chi connectivity index (χ3v) is 1.47. The summed E-state index contributed by atoms with van der Waals surface area (Å²) < 4.78 is 0. The minimum atomic E-state index is 0.439. The summed E-state index contributed by atoms with van der Waals surface area (Å²) in [6, 6.07) is 0. The first-order chi connectivity index (χ1) is 6.74. The molecule has 74 valence electrons. The minimum absolute atomic E-state index is 0.439. The highest BCUT2D eigenvalue weighted by Crippen LogP contribution is 1.84. The summed E-state index contributed by atoms with van der Waals surface area (Å²) in [5, 5.41) is 11.8. The number of nitrogens with one attached hydrogen (secondary N) is 1. The lowest BCUT2D eigenvalue weighted by molar-refractivity contribution is 0.908.